The van der Waals surface area contributed by atoms with Gasteiger partial charge in [0.1, 0.15) is 5.56 Å². The second kappa shape index (κ2) is 5.59. The van der Waals surface area contributed by atoms with Crippen LogP contribution in [-0.2, 0) is 0 Å². The smallest absolute Gasteiger partial charge is 0.339 e. The van der Waals surface area contributed by atoms with Crippen molar-refractivity contribution in [1.82, 2.24) is 4.98 Å². The summed E-state index contributed by atoms with van der Waals surface area (Å²) < 4.78 is 0. The molecule has 1 aromatic carbocycles. The lowest BCUT2D eigenvalue weighted by Gasteiger charge is -2.11. The molecule has 0 aliphatic carbocycles. The van der Waals surface area contributed by atoms with Gasteiger partial charge in [-0.1, -0.05) is 11.6 Å². The molecule has 2 N–H and O–H groups in total. The van der Waals surface area contributed by atoms with Crippen LogP contribution in [0.4, 0.5) is 11.4 Å². The van der Waals surface area contributed by atoms with Crippen LogP contribution >= 0.6 is 11.6 Å². The normalized spacial score (nSPS) is 9.85. The lowest BCUT2D eigenvalue weighted by Crippen LogP contribution is -2.04. The molecule has 20 heavy (non-hydrogen) atoms. The molecular formula is C14H10ClN3O2. The lowest BCUT2D eigenvalue weighted by molar-refractivity contribution is 0.0697. The zero-order chi connectivity index (χ0) is 14.7. The van der Waals surface area contributed by atoms with Gasteiger partial charge in [-0.05, 0) is 31.2 Å². The van der Waals surface area contributed by atoms with Gasteiger partial charge >= 0.3 is 5.97 Å². The molecule has 0 amide bonds. The molecule has 0 radical (unpaired) electrons. The van der Waals surface area contributed by atoms with E-state index in [1.54, 1.807) is 25.1 Å². The third kappa shape index (κ3) is 2.87. The Morgan fingerprint density at radius 2 is 2.15 bits per heavy atom. The Labute approximate surface area is 120 Å². The van der Waals surface area contributed by atoms with Crippen molar-refractivity contribution in [3.05, 3.63) is 52.3 Å². The van der Waals surface area contributed by atoms with E-state index in [0.717, 1.165) is 0 Å². The molecule has 0 aliphatic rings. The SMILES string of the molecule is Cc1cc(Nc2ccc(C#N)cc2Cl)c(C(=O)O)cn1. The zero-order valence-corrected chi connectivity index (χ0v) is 11.3. The standard InChI is InChI=1S/C14H10ClN3O2/c1-8-4-13(10(7-17-8)14(19)20)18-12-3-2-9(6-16)5-11(12)15/h2-5,7H,1H3,(H,17,18)(H,19,20). The van der Waals surface area contributed by atoms with Gasteiger partial charge in [-0.2, -0.15) is 5.26 Å². The summed E-state index contributed by atoms with van der Waals surface area (Å²) in [7, 11) is 0. The maximum Gasteiger partial charge on any atom is 0.339 e. The summed E-state index contributed by atoms with van der Waals surface area (Å²) in [5.41, 5.74) is 2.10. The Morgan fingerprint density at radius 3 is 2.75 bits per heavy atom. The van der Waals surface area contributed by atoms with Crippen molar-refractivity contribution in [2.45, 2.75) is 6.92 Å². The molecule has 2 aromatic rings. The number of carboxylic acids is 1. The fraction of sp³-hybridized carbons (Fsp3) is 0.0714. The van der Waals surface area contributed by atoms with Gasteiger partial charge in [0.2, 0.25) is 0 Å². The number of pyridine rings is 1. The number of halogens is 1. The van der Waals surface area contributed by atoms with Gasteiger partial charge in [-0.3, -0.25) is 4.98 Å². The summed E-state index contributed by atoms with van der Waals surface area (Å²) in [5.74, 6) is -1.08. The molecular weight excluding hydrogens is 278 g/mol. The van der Waals surface area contributed by atoms with Gasteiger partial charge in [0.05, 0.1) is 28.0 Å². The maximum atomic E-state index is 11.2. The van der Waals surface area contributed by atoms with Crippen LogP contribution in [0.15, 0.2) is 30.5 Å². The molecule has 0 aliphatic heterocycles. The fourth-order valence-corrected chi connectivity index (χ4v) is 1.89. The molecule has 2 rings (SSSR count). The van der Waals surface area contributed by atoms with Crippen molar-refractivity contribution in [3.63, 3.8) is 0 Å². The van der Waals surface area contributed by atoms with E-state index in [1.165, 1.54) is 12.3 Å². The van der Waals surface area contributed by atoms with Crippen LogP contribution in [0.2, 0.25) is 5.02 Å². The van der Waals surface area contributed by atoms with Crippen molar-refractivity contribution >= 4 is 28.9 Å². The van der Waals surface area contributed by atoms with Crippen LogP contribution in [0.1, 0.15) is 21.6 Å². The van der Waals surface area contributed by atoms with Crippen LogP contribution in [0.3, 0.4) is 0 Å². The summed E-state index contributed by atoms with van der Waals surface area (Å²) >= 11 is 6.05. The number of nitriles is 1. The van der Waals surface area contributed by atoms with E-state index in [0.29, 0.717) is 27.7 Å². The number of aryl methyl sites for hydroxylation is 1. The summed E-state index contributed by atoms with van der Waals surface area (Å²) in [4.78, 5) is 15.1. The van der Waals surface area contributed by atoms with Gasteiger partial charge in [0.15, 0.2) is 0 Å². The Balaban J connectivity index is 2.42. The number of anilines is 2. The molecule has 0 unspecified atom stereocenters. The summed E-state index contributed by atoms with van der Waals surface area (Å²) in [5, 5.41) is 21.2. The van der Waals surface area contributed by atoms with Gasteiger partial charge in [-0.15, -0.1) is 0 Å². The molecule has 0 bridgehead atoms. The average molecular weight is 288 g/mol. The Morgan fingerprint density at radius 1 is 1.40 bits per heavy atom. The number of rotatable bonds is 3. The number of nitrogens with one attached hydrogen (secondary N) is 1. The fourth-order valence-electron chi connectivity index (χ4n) is 1.66. The van der Waals surface area contributed by atoms with Gasteiger partial charge in [0.25, 0.3) is 0 Å². The van der Waals surface area contributed by atoms with Crippen molar-refractivity contribution in [2.24, 2.45) is 0 Å². The third-order valence-electron chi connectivity index (χ3n) is 2.64. The second-order valence-corrected chi connectivity index (χ2v) is 4.52. The molecule has 0 atom stereocenters. The van der Waals surface area contributed by atoms with Crippen LogP contribution in [0, 0.1) is 18.3 Å². The minimum Gasteiger partial charge on any atom is -0.478 e. The minimum atomic E-state index is -1.08. The van der Waals surface area contributed by atoms with Crippen molar-refractivity contribution < 1.29 is 9.90 Å². The van der Waals surface area contributed by atoms with Gasteiger partial charge in [-0.25, -0.2) is 4.79 Å². The quantitative estimate of drug-likeness (QED) is 0.904. The topological polar surface area (TPSA) is 86.0 Å². The Bertz CT molecular complexity index is 723. The number of benzene rings is 1. The second-order valence-electron chi connectivity index (χ2n) is 4.11. The van der Waals surface area contributed by atoms with Crippen LogP contribution in [0.25, 0.3) is 0 Å². The van der Waals surface area contributed by atoms with Gasteiger partial charge < -0.3 is 10.4 Å². The van der Waals surface area contributed by atoms with Crippen LogP contribution in [0.5, 0.6) is 0 Å². The molecule has 0 saturated heterocycles. The first-order valence-corrected chi connectivity index (χ1v) is 6.05. The minimum absolute atomic E-state index is 0.0519. The highest BCUT2D eigenvalue weighted by atomic mass is 35.5. The number of carbonyl (C=O) groups is 1. The number of aromatic carboxylic acids is 1. The molecule has 0 spiro atoms. The first-order valence-electron chi connectivity index (χ1n) is 5.68. The Hall–Kier alpha value is -2.58. The van der Waals surface area contributed by atoms with E-state index in [2.05, 4.69) is 10.3 Å². The molecule has 0 saturated carbocycles. The number of carboxylic acid groups (broad SMARTS) is 1. The van der Waals surface area contributed by atoms with Crippen molar-refractivity contribution in [1.29, 1.82) is 5.26 Å². The first-order chi connectivity index (χ1) is 9.51. The van der Waals surface area contributed by atoms with E-state index in [1.807, 2.05) is 6.07 Å². The molecule has 1 aromatic heterocycles. The molecule has 5 nitrogen and oxygen atoms in total. The summed E-state index contributed by atoms with van der Waals surface area (Å²) in [6.07, 6.45) is 1.29. The molecule has 100 valence electrons. The zero-order valence-electron chi connectivity index (χ0n) is 10.5. The number of hydrogen-bond donors (Lipinski definition) is 2. The number of aromatic nitrogens is 1. The highest BCUT2D eigenvalue weighted by molar-refractivity contribution is 6.33. The lowest BCUT2D eigenvalue weighted by atomic mass is 10.2. The van der Waals surface area contributed by atoms with Crippen LogP contribution < -0.4 is 5.32 Å². The van der Waals surface area contributed by atoms with Crippen molar-refractivity contribution in [3.8, 4) is 6.07 Å². The third-order valence-corrected chi connectivity index (χ3v) is 2.95. The van der Waals surface area contributed by atoms with Crippen LogP contribution in [-0.4, -0.2) is 16.1 Å². The van der Waals surface area contributed by atoms with E-state index in [4.69, 9.17) is 22.0 Å². The Kier molecular flexibility index (Phi) is 3.87. The van der Waals surface area contributed by atoms with Crippen molar-refractivity contribution in [2.75, 3.05) is 5.32 Å². The van der Waals surface area contributed by atoms with Gasteiger partial charge in [0, 0.05) is 11.9 Å². The average Bonchev–Trinajstić information content (AvgIpc) is 2.40. The molecule has 0 fully saturated rings. The van der Waals surface area contributed by atoms with E-state index in [9.17, 15) is 4.79 Å². The summed E-state index contributed by atoms with van der Waals surface area (Å²) in [6, 6.07) is 8.34. The number of hydrogen-bond acceptors (Lipinski definition) is 4. The van der Waals surface area contributed by atoms with E-state index in [-0.39, 0.29) is 5.56 Å². The largest absolute Gasteiger partial charge is 0.478 e. The molecule has 6 heteroatoms. The molecule has 1 heterocycles. The van der Waals surface area contributed by atoms with E-state index >= 15 is 0 Å². The predicted octanol–water partition coefficient (Wildman–Crippen LogP) is 3.36. The maximum absolute atomic E-state index is 11.2. The summed E-state index contributed by atoms with van der Waals surface area (Å²) in [6.45, 7) is 1.76. The monoisotopic (exact) mass is 287 g/mol. The highest BCUT2D eigenvalue weighted by Gasteiger charge is 2.12. The number of nitrogens with zero attached hydrogens (tertiary/aromatic N) is 2. The first kappa shape index (κ1) is 13.8. The predicted molar refractivity (Wildman–Crippen MR) is 75.4 cm³/mol. The van der Waals surface area contributed by atoms with E-state index < -0.39 is 5.97 Å². The highest BCUT2D eigenvalue weighted by Crippen LogP contribution is 2.28.